The minimum absolute atomic E-state index is 0.289. The molecular weight excluding hydrogens is 266 g/mol. The minimum atomic E-state index is 0.289. The Bertz CT molecular complexity index is 583. The Balaban J connectivity index is 1.65. The maximum Gasteiger partial charge on any atom is 0.165 e. The Morgan fingerprint density at radius 2 is 2.10 bits per heavy atom. The van der Waals surface area contributed by atoms with Gasteiger partial charge in [0.1, 0.15) is 13.2 Å². The van der Waals surface area contributed by atoms with E-state index in [1.807, 2.05) is 35.3 Å². The van der Waals surface area contributed by atoms with Gasteiger partial charge in [0.15, 0.2) is 11.5 Å². The van der Waals surface area contributed by atoms with E-state index in [0.29, 0.717) is 19.3 Å². The van der Waals surface area contributed by atoms with Crippen molar-refractivity contribution in [3.8, 4) is 11.5 Å². The van der Waals surface area contributed by atoms with E-state index < -0.39 is 0 Å². The van der Waals surface area contributed by atoms with Crippen molar-refractivity contribution in [2.45, 2.75) is 32.5 Å². The summed E-state index contributed by atoms with van der Waals surface area (Å²) in [6, 6.07) is 8.57. The summed E-state index contributed by atoms with van der Waals surface area (Å²) in [6.45, 7) is 6.31. The van der Waals surface area contributed by atoms with Crippen LogP contribution in [-0.2, 0) is 6.54 Å². The normalized spacial score (nSPS) is 16.5. The molecule has 1 aromatic carbocycles. The molecule has 2 heterocycles. The van der Waals surface area contributed by atoms with Crippen molar-refractivity contribution in [1.29, 1.82) is 0 Å². The number of nitrogens with one attached hydrogen (secondary N) is 1. The number of nitrogens with zero attached hydrogens (tertiary/aromatic N) is 2. The summed E-state index contributed by atoms with van der Waals surface area (Å²) in [5, 5.41) is 7.84. The number of ether oxygens (including phenoxy) is 2. The Morgan fingerprint density at radius 1 is 1.24 bits per heavy atom. The van der Waals surface area contributed by atoms with Crippen LogP contribution in [0.5, 0.6) is 11.5 Å². The molecular formula is C16H21N3O2. The lowest BCUT2D eigenvalue weighted by Crippen LogP contribution is -2.33. The van der Waals surface area contributed by atoms with Gasteiger partial charge in [-0.2, -0.15) is 5.10 Å². The molecule has 21 heavy (non-hydrogen) atoms. The van der Waals surface area contributed by atoms with Gasteiger partial charge in [0, 0.05) is 30.5 Å². The number of rotatable bonds is 5. The molecule has 0 saturated carbocycles. The van der Waals surface area contributed by atoms with E-state index in [2.05, 4.69) is 30.3 Å². The minimum Gasteiger partial charge on any atom is -0.486 e. The summed E-state index contributed by atoms with van der Waals surface area (Å²) in [6.07, 6.45) is 3.80. The van der Waals surface area contributed by atoms with Gasteiger partial charge in [-0.25, -0.2) is 0 Å². The summed E-state index contributed by atoms with van der Waals surface area (Å²) in [7, 11) is 0. The van der Waals surface area contributed by atoms with Crippen molar-refractivity contribution in [2.24, 2.45) is 0 Å². The van der Waals surface area contributed by atoms with E-state index >= 15 is 0 Å². The summed E-state index contributed by atoms with van der Waals surface area (Å²) in [5.74, 6) is 1.71. The zero-order valence-corrected chi connectivity index (χ0v) is 12.5. The maximum absolute atomic E-state index is 5.74. The molecule has 0 saturated heterocycles. The summed E-state index contributed by atoms with van der Waals surface area (Å²) in [5.41, 5.74) is 1.13. The molecule has 5 heteroatoms. The van der Waals surface area contributed by atoms with Crippen molar-refractivity contribution in [3.05, 3.63) is 42.2 Å². The van der Waals surface area contributed by atoms with Crippen LogP contribution in [0.1, 0.15) is 25.5 Å². The van der Waals surface area contributed by atoms with Gasteiger partial charge >= 0.3 is 0 Å². The molecule has 0 fully saturated rings. The third kappa shape index (κ3) is 3.03. The second-order valence-electron chi connectivity index (χ2n) is 5.34. The smallest absolute Gasteiger partial charge is 0.165 e. The number of aromatic nitrogens is 2. The molecule has 0 unspecified atom stereocenters. The highest BCUT2D eigenvalue weighted by molar-refractivity contribution is 5.47. The van der Waals surface area contributed by atoms with Crippen LogP contribution >= 0.6 is 0 Å². The standard InChI is InChI=1S/C16H21N3O2/c1-12(13(2)19-8-4-7-18-19)17-11-14-5-3-6-15-16(14)21-10-9-20-15/h3-8,12-13,17H,9-11H2,1-2H3/t12-,13+/m0/s1. The van der Waals surface area contributed by atoms with Gasteiger partial charge in [-0.15, -0.1) is 0 Å². The molecule has 0 radical (unpaired) electrons. The summed E-state index contributed by atoms with van der Waals surface area (Å²) in [4.78, 5) is 0. The highest BCUT2D eigenvalue weighted by Crippen LogP contribution is 2.33. The van der Waals surface area contributed by atoms with E-state index in [1.165, 1.54) is 0 Å². The molecule has 0 aliphatic carbocycles. The number of hydrogen-bond donors (Lipinski definition) is 1. The number of fused-ring (bicyclic) bond motifs is 1. The van der Waals surface area contributed by atoms with Gasteiger partial charge in [0.25, 0.3) is 0 Å². The van der Waals surface area contributed by atoms with E-state index in [4.69, 9.17) is 9.47 Å². The fraction of sp³-hybridized carbons (Fsp3) is 0.438. The third-order valence-corrected chi connectivity index (χ3v) is 3.93. The maximum atomic E-state index is 5.74. The lowest BCUT2D eigenvalue weighted by Gasteiger charge is -2.24. The number of para-hydroxylation sites is 1. The van der Waals surface area contributed by atoms with E-state index in [-0.39, 0.29) is 6.04 Å². The van der Waals surface area contributed by atoms with Crippen LogP contribution in [0.15, 0.2) is 36.7 Å². The van der Waals surface area contributed by atoms with E-state index in [9.17, 15) is 0 Å². The molecule has 0 spiro atoms. The number of benzene rings is 1. The lowest BCUT2D eigenvalue weighted by molar-refractivity contribution is 0.169. The Morgan fingerprint density at radius 3 is 2.90 bits per heavy atom. The topological polar surface area (TPSA) is 48.3 Å². The van der Waals surface area contributed by atoms with Crippen LogP contribution in [0.2, 0.25) is 0 Å². The SMILES string of the molecule is C[C@H](NCc1cccc2c1OCCO2)[C@@H](C)n1cccn1. The average Bonchev–Trinajstić information content (AvgIpc) is 3.06. The van der Waals surface area contributed by atoms with Crippen molar-refractivity contribution in [3.63, 3.8) is 0 Å². The first-order valence-electron chi connectivity index (χ1n) is 7.35. The second-order valence-corrected chi connectivity index (χ2v) is 5.34. The first-order chi connectivity index (χ1) is 10.3. The zero-order chi connectivity index (χ0) is 14.7. The van der Waals surface area contributed by atoms with Crippen molar-refractivity contribution < 1.29 is 9.47 Å². The van der Waals surface area contributed by atoms with Gasteiger partial charge in [-0.1, -0.05) is 12.1 Å². The van der Waals surface area contributed by atoms with E-state index in [1.54, 1.807) is 0 Å². The lowest BCUT2D eigenvalue weighted by atomic mass is 10.1. The quantitative estimate of drug-likeness (QED) is 0.917. The Kier molecular flexibility index (Phi) is 4.10. The van der Waals surface area contributed by atoms with Crippen LogP contribution in [0.4, 0.5) is 0 Å². The first kappa shape index (κ1) is 13.9. The van der Waals surface area contributed by atoms with Crippen LogP contribution < -0.4 is 14.8 Å². The van der Waals surface area contributed by atoms with Crippen LogP contribution in [-0.4, -0.2) is 29.0 Å². The molecule has 5 nitrogen and oxygen atoms in total. The van der Waals surface area contributed by atoms with Crippen molar-refractivity contribution >= 4 is 0 Å². The second kappa shape index (κ2) is 6.18. The zero-order valence-electron chi connectivity index (χ0n) is 12.5. The Labute approximate surface area is 124 Å². The van der Waals surface area contributed by atoms with Crippen LogP contribution in [0.3, 0.4) is 0 Å². The molecule has 0 amide bonds. The molecule has 2 aromatic rings. The van der Waals surface area contributed by atoms with Crippen LogP contribution in [0.25, 0.3) is 0 Å². The molecule has 3 rings (SSSR count). The average molecular weight is 287 g/mol. The molecule has 1 aromatic heterocycles. The largest absolute Gasteiger partial charge is 0.486 e. The number of hydrogen-bond acceptors (Lipinski definition) is 4. The molecule has 1 N–H and O–H groups in total. The predicted octanol–water partition coefficient (Wildman–Crippen LogP) is 2.39. The first-order valence-corrected chi connectivity index (χ1v) is 7.35. The third-order valence-electron chi connectivity index (χ3n) is 3.93. The highest BCUT2D eigenvalue weighted by atomic mass is 16.6. The predicted molar refractivity (Wildman–Crippen MR) is 80.7 cm³/mol. The molecule has 112 valence electrons. The van der Waals surface area contributed by atoms with E-state index in [0.717, 1.165) is 23.6 Å². The van der Waals surface area contributed by atoms with Crippen molar-refractivity contribution in [1.82, 2.24) is 15.1 Å². The summed E-state index contributed by atoms with van der Waals surface area (Å²) >= 11 is 0. The molecule has 1 aliphatic heterocycles. The summed E-state index contributed by atoms with van der Waals surface area (Å²) < 4.78 is 13.3. The van der Waals surface area contributed by atoms with Gasteiger partial charge in [0.05, 0.1) is 6.04 Å². The fourth-order valence-corrected chi connectivity index (χ4v) is 2.47. The molecule has 2 atom stereocenters. The van der Waals surface area contributed by atoms with Crippen molar-refractivity contribution in [2.75, 3.05) is 13.2 Å². The van der Waals surface area contributed by atoms with Gasteiger partial charge in [0.2, 0.25) is 0 Å². The molecule has 1 aliphatic rings. The highest BCUT2D eigenvalue weighted by Gasteiger charge is 2.18. The fourth-order valence-electron chi connectivity index (χ4n) is 2.47. The van der Waals surface area contributed by atoms with Crippen LogP contribution in [0, 0.1) is 0 Å². The van der Waals surface area contributed by atoms with Gasteiger partial charge < -0.3 is 14.8 Å². The monoisotopic (exact) mass is 287 g/mol. The molecule has 0 bridgehead atoms. The van der Waals surface area contributed by atoms with Gasteiger partial charge in [-0.05, 0) is 26.0 Å². The Hall–Kier alpha value is -2.01. The van der Waals surface area contributed by atoms with Gasteiger partial charge in [-0.3, -0.25) is 4.68 Å².